The Morgan fingerprint density at radius 2 is 2.25 bits per heavy atom. The minimum absolute atomic E-state index is 0.234. The lowest BCUT2D eigenvalue weighted by Gasteiger charge is -2.08. The lowest BCUT2D eigenvalue weighted by molar-refractivity contribution is 0.415. The molecule has 3 heteroatoms. The van der Waals surface area contributed by atoms with Crippen molar-refractivity contribution in [2.45, 2.75) is 6.42 Å². The number of halogens is 1. The lowest BCUT2D eigenvalue weighted by atomic mass is 10.0. The first-order chi connectivity index (χ1) is 8.89. The van der Waals surface area contributed by atoms with Crippen LogP contribution in [0.5, 0.6) is 5.75 Å². The van der Waals surface area contributed by atoms with Gasteiger partial charge in [0.25, 0.3) is 0 Å². The Hall–Kier alpha value is -1.61. The van der Waals surface area contributed by atoms with Crippen LogP contribution < -0.4 is 10.5 Å². The van der Waals surface area contributed by atoms with Crippen molar-refractivity contribution >= 4 is 10.8 Å². The highest BCUT2D eigenvalue weighted by atomic mass is 19.1. The van der Waals surface area contributed by atoms with Gasteiger partial charge in [-0.2, -0.15) is 0 Å². The predicted molar refractivity (Wildman–Crippen MR) is 63.2 cm³/mol. The molecule has 0 bridgehead atoms. The summed E-state index contributed by atoms with van der Waals surface area (Å²) in [4.78, 5) is 0. The predicted octanol–water partition coefficient (Wildman–Crippen LogP) is 2.49. The van der Waals surface area contributed by atoms with Crippen LogP contribution >= 0.6 is 0 Å². The van der Waals surface area contributed by atoms with E-state index < -0.39 is 7.04 Å². The minimum Gasteiger partial charge on any atom is -0.497 e. The number of hydrogen-bond acceptors (Lipinski definition) is 2. The summed E-state index contributed by atoms with van der Waals surface area (Å²) in [7, 11) is -2.50. The summed E-state index contributed by atoms with van der Waals surface area (Å²) < 4.78 is 39.5. The molecule has 0 saturated heterocycles. The fourth-order valence-corrected chi connectivity index (χ4v) is 1.80. The van der Waals surface area contributed by atoms with Gasteiger partial charge >= 0.3 is 0 Å². The van der Waals surface area contributed by atoms with Gasteiger partial charge in [-0.05, 0) is 53.6 Å². The lowest BCUT2D eigenvalue weighted by Crippen LogP contribution is -2.03. The van der Waals surface area contributed by atoms with E-state index in [9.17, 15) is 4.39 Å². The highest BCUT2D eigenvalue weighted by molar-refractivity contribution is 5.87. The fourth-order valence-electron chi connectivity index (χ4n) is 1.80. The second-order valence-electron chi connectivity index (χ2n) is 3.59. The molecule has 0 atom stereocenters. The molecule has 0 saturated carbocycles. The first-order valence-corrected chi connectivity index (χ1v) is 5.00. The van der Waals surface area contributed by atoms with Crippen LogP contribution in [0.3, 0.4) is 0 Å². The summed E-state index contributed by atoms with van der Waals surface area (Å²) in [6, 6.07) is 7.56. The molecule has 0 heterocycles. The van der Waals surface area contributed by atoms with Crippen molar-refractivity contribution in [3.63, 3.8) is 0 Å². The highest BCUT2D eigenvalue weighted by Gasteiger charge is 2.05. The van der Waals surface area contributed by atoms with E-state index in [1.54, 1.807) is 12.1 Å². The van der Waals surface area contributed by atoms with Gasteiger partial charge in [0.05, 0.1) is 11.2 Å². The topological polar surface area (TPSA) is 35.2 Å². The van der Waals surface area contributed by atoms with Crippen LogP contribution in [0.2, 0.25) is 0 Å². The number of benzene rings is 2. The molecule has 84 valence electrons. The Labute approximate surface area is 98.0 Å². The zero-order valence-electron chi connectivity index (χ0n) is 11.7. The van der Waals surface area contributed by atoms with E-state index in [2.05, 4.69) is 0 Å². The van der Waals surface area contributed by atoms with Gasteiger partial charge in [-0.1, -0.05) is 6.07 Å². The average Bonchev–Trinajstić information content (AvgIpc) is 2.28. The summed E-state index contributed by atoms with van der Waals surface area (Å²) in [5, 5.41) is 1.45. The van der Waals surface area contributed by atoms with Gasteiger partial charge in [0.2, 0.25) is 0 Å². The molecule has 16 heavy (non-hydrogen) atoms. The average molecular weight is 222 g/mol. The highest BCUT2D eigenvalue weighted by Crippen LogP contribution is 2.25. The second-order valence-corrected chi connectivity index (χ2v) is 3.59. The molecule has 2 aromatic rings. The molecule has 2 nitrogen and oxygen atoms in total. The van der Waals surface area contributed by atoms with Gasteiger partial charge in [0.1, 0.15) is 11.6 Å². The standard InChI is InChI=1S/C13H14FNO/c1-16-12-3-2-9-6-11(14)7-10(4-5-15)13(9)8-12/h2-3,6-8H,4-5,15H2,1H3/i1D3. The van der Waals surface area contributed by atoms with E-state index in [1.807, 2.05) is 0 Å². The number of hydrogen-bond donors (Lipinski definition) is 1. The van der Waals surface area contributed by atoms with Crippen molar-refractivity contribution in [1.82, 2.24) is 0 Å². The monoisotopic (exact) mass is 222 g/mol. The molecule has 0 aromatic heterocycles. The van der Waals surface area contributed by atoms with Gasteiger partial charge in [-0.3, -0.25) is 0 Å². The number of ether oxygens (including phenoxy) is 1. The van der Waals surface area contributed by atoms with E-state index in [1.165, 1.54) is 18.2 Å². The van der Waals surface area contributed by atoms with Crippen molar-refractivity contribution in [2.75, 3.05) is 13.6 Å². The Morgan fingerprint density at radius 3 is 3.00 bits per heavy atom. The van der Waals surface area contributed by atoms with Gasteiger partial charge < -0.3 is 10.5 Å². The van der Waals surface area contributed by atoms with Crippen LogP contribution in [0.25, 0.3) is 10.8 Å². The zero-order chi connectivity index (χ0) is 14.0. The smallest absolute Gasteiger partial charge is 0.124 e. The molecule has 2 N–H and O–H groups in total. The summed E-state index contributed by atoms with van der Waals surface area (Å²) in [5.41, 5.74) is 6.24. The number of methoxy groups -OCH3 is 1. The molecule has 0 aliphatic carbocycles. The summed E-state index contributed by atoms with van der Waals surface area (Å²) in [5.74, 6) is -0.0992. The minimum atomic E-state index is -2.50. The van der Waals surface area contributed by atoms with Crippen molar-refractivity contribution in [3.8, 4) is 5.75 Å². The molecule has 0 amide bonds. The third-order valence-corrected chi connectivity index (χ3v) is 2.51. The Balaban J connectivity index is 2.51. The molecule has 2 aromatic carbocycles. The van der Waals surface area contributed by atoms with Crippen LogP contribution in [0.15, 0.2) is 30.3 Å². The molecular weight excluding hydrogens is 205 g/mol. The normalized spacial score (nSPS) is 14.2. The maximum atomic E-state index is 13.4. The zero-order valence-corrected chi connectivity index (χ0v) is 8.66. The molecule has 0 aliphatic heterocycles. The SMILES string of the molecule is [2H]C([2H])([2H])Oc1ccc2cc(F)cc(CCN)c2c1. The summed E-state index contributed by atoms with van der Waals surface area (Å²) in [6.07, 6.45) is 0.519. The number of nitrogens with two attached hydrogens (primary N) is 1. The van der Waals surface area contributed by atoms with Crippen LogP contribution in [-0.2, 0) is 6.42 Å². The fraction of sp³-hybridized carbons (Fsp3) is 0.231. The number of fused-ring (bicyclic) bond motifs is 1. The Morgan fingerprint density at radius 1 is 1.38 bits per heavy atom. The third kappa shape index (κ3) is 1.99. The van der Waals surface area contributed by atoms with Gasteiger partial charge in [0, 0.05) is 0 Å². The van der Waals surface area contributed by atoms with Gasteiger partial charge in [0.15, 0.2) is 0 Å². The van der Waals surface area contributed by atoms with E-state index in [-0.39, 0.29) is 11.6 Å². The molecule has 0 aliphatic rings. The Kier molecular flexibility index (Phi) is 2.14. The van der Waals surface area contributed by atoms with E-state index in [4.69, 9.17) is 14.6 Å². The second kappa shape index (κ2) is 4.49. The van der Waals surface area contributed by atoms with Crippen LogP contribution in [0, 0.1) is 5.82 Å². The summed E-state index contributed by atoms with van der Waals surface area (Å²) in [6.45, 7) is 0.392. The van der Waals surface area contributed by atoms with Crippen molar-refractivity contribution in [3.05, 3.63) is 41.7 Å². The molecule has 0 fully saturated rings. The third-order valence-electron chi connectivity index (χ3n) is 2.51. The molecule has 0 spiro atoms. The van der Waals surface area contributed by atoms with Crippen molar-refractivity contribution in [2.24, 2.45) is 5.73 Å². The van der Waals surface area contributed by atoms with E-state index in [0.717, 1.165) is 10.9 Å². The molecular formula is C13H14FNO. The van der Waals surface area contributed by atoms with Crippen molar-refractivity contribution < 1.29 is 13.2 Å². The molecule has 2 rings (SSSR count). The maximum Gasteiger partial charge on any atom is 0.124 e. The number of rotatable bonds is 3. The van der Waals surface area contributed by atoms with Crippen LogP contribution in [-0.4, -0.2) is 13.6 Å². The molecule has 0 radical (unpaired) electrons. The van der Waals surface area contributed by atoms with Crippen LogP contribution in [0.4, 0.5) is 4.39 Å². The van der Waals surface area contributed by atoms with Crippen molar-refractivity contribution in [1.29, 1.82) is 0 Å². The van der Waals surface area contributed by atoms with Gasteiger partial charge in [-0.15, -0.1) is 0 Å². The first kappa shape index (κ1) is 7.63. The van der Waals surface area contributed by atoms with E-state index >= 15 is 0 Å². The first-order valence-electron chi connectivity index (χ1n) is 6.50. The molecule has 0 unspecified atom stereocenters. The maximum absolute atomic E-state index is 13.4. The summed E-state index contributed by atoms with van der Waals surface area (Å²) >= 11 is 0. The Bertz CT molecular complexity index is 598. The quantitative estimate of drug-likeness (QED) is 0.866. The van der Waals surface area contributed by atoms with Crippen LogP contribution in [0.1, 0.15) is 9.68 Å². The van der Waals surface area contributed by atoms with Gasteiger partial charge in [-0.25, -0.2) is 4.39 Å². The van der Waals surface area contributed by atoms with E-state index in [0.29, 0.717) is 18.4 Å². The largest absolute Gasteiger partial charge is 0.497 e.